The monoisotopic (exact) mass is 298 g/mol. The Labute approximate surface area is 130 Å². The zero-order valence-corrected chi connectivity index (χ0v) is 13.4. The smallest absolute Gasteiger partial charge is 0.132 e. The molecule has 2 aromatic carbocycles. The van der Waals surface area contributed by atoms with Gasteiger partial charge in [0.15, 0.2) is 0 Å². The van der Waals surface area contributed by atoms with E-state index in [1.165, 1.54) is 16.8 Å². The van der Waals surface area contributed by atoms with Gasteiger partial charge in [-0.15, -0.1) is 11.6 Å². The second-order valence-electron chi connectivity index (χ2n) is 5.35. The number of alkyl halides is 1. The number of fused-ring (bicyclic) bond motifs is 1. The second kappa shape index (κ2) is 5.53. The number of rotatable bonds is 3. The van der Waals surface area contributed by atoms with Crippen molar-refractivity contribution in [2.75, 3.05) is 0 Å². The number of hydrogen-bond donors (Lipinski definition) is 0. The van der Waals surface area contributed by atoms with Crippen LogP contribution in [0.25, 0.3) is 16.7 Å². The van der Waals surface area contributed by atoms with Gasteiger partial charge in [0.2, 0.25) is 0 Å². The molecule has 0 bridgehead atoms. The van der Waals surface area contributed by atoms with Gasteiger partial charge >= 0.3 is 0 Å². The van der Waals surface area contributed by atoms with Crippen molar-refractivity contribution in [1.82, 2.24) is 9.55 Å². The highest BCUT2D eigenvalue weighted by atomic mass is 35.5. The standard InChI is InChI=1S/C18H19ClN2/c1-4-14-9-5-6-10-15(14)21-16-11-7-8-12(2)17(16)20-18(21)13(3)19/h5-11,13H,4H2,1-3H3. The number of aromatic nitrogens is 2. The first-order valence-electron chi connectivity index (χ1n) is 7.33. The minimum absolute atomic E-state index is 0.137. The number of hydrogen-bond acceptors (Lipinski definition) is 1. The van der Waals surface area contributed by atoms with Crippen LogP contribution in [0.2, 0.25) is 0 Å². The van der Waals surface area contributed by atoms with E-state index in [1.807, 2.05) is 6.92 Å². The lowest BCUT2D eigenvalue weighted by atomic mass is 10.1. The highest BCUT2D eigenvalue weighted by Gasteiger charge is 2.18. The van der Waals surface area contributed by atoms with Crippen molar-refractivity contribution in [3.63, 3.8) is 0 Å². The third-order valence-electron chi connectivity index (χ3n) is 3.88. The van der Waals surface area contributed by atoms with Gasteiger partial charge in [-0.1, -0.05) is 37.3 Å². The maximum absolute atomic E-state index is 6.39. The number of halogens is 1. The lowest BCUT2D eigenvalue weighted by molar-refractivity contribution is 0.872. The van der Waals surface area contributed by atoms with Gasteiger partial charge in [-0.05, 0) is 43.5 Å². The van der Waals surface area contributed by atoms with E-state index >= 15 is 0 Å². The molecule has 0 saturated carbocycles. The van der Waals surface area contributed by atoms with Crippen molar-refractivity contribution in [3.05, 3.63) is 59.4 Å². The molecule has 1 unspecified atom stereocenters. The van der Waals surface area contributed by atoms with E-state index in [0.29, 0.717) is 0 Å². The third kappa shape index (κ3) is 2.34. The van der Waals surface area contributed by atoms with E-state index in [-0.39, 0.29) is 5.38 Å². The topological polar surface area (TPSA) is 17.8 Å². The Morgan fingerprint density at radius 2 is 1.90 bits per heavy atom. The lowest BCUT2D eigenvalue weighted by Gasteiger charge is -2.14. The summed E-state index contributed by atoms with van der Waals surface area (Å²) in [6.45, 7) is 6.24. The number of nitrogens with zero attached hydrogens (tertiary/aromatic N) is 2. The molecule has 2 nitrogen and oxygen atoms in total. The molecule has 1 heterocycles. The molecule has 0 radical (unpaired) electrons. The minimum Gasteiger partial charge on any atom is -0.295 e. The molecule has 0 aliphatic rings. The van der Waals surface area contributed by atoms with E-state index in [0.717, 1.165) is 23.3 Å². The molecular formula is C18H19ClN2. The molecule has 3 heteroatoms. The maximum Gasteiger partial charge on any atom is 0.132 e. The van der Waals surface area contributed by atoms with Crippen LogP contribution in [0.3, 0.4) is 0 Å². The van der Waals surface area contributed by atoms with Gasteiger partial charge in [-0.3, -0.25) is 4.57 Å². The average Bonchev–Trinajstić information content (AvgIpc) is 2.88. The van der Waals surface area contributed by atoms with Crippen LogP contribution >= 0.6 is 11.6 Å². The molecule has 1 atom stereocenters. The Hall–Kier alpha value is -1.80. The van der Waals surface area contributed by atoms with Crippen LogP contribution < -0.4 is 0 Å². The quantitative estimate of drug-likeness (QED) is 0.608. The summed E-state index contributed by atoms with van der Waals surface area (Å²) < 4.78 is 2.21. The van der Waals surface area contributed by atoms with Crippen molar-refractivity contribution in [2.24, 2.45) is 0 Å². The number of aryl methyl sites for hydroxylation is 2. The van der Waals surface area contributed by atoms with Gasteiger partial charge in [-0.2, -0.15) is 0 Å². The van der Waals surface area contributed by atoms with Gasteiger partial charge < -0.3 is 0 Å². The molecule has 0 aliphatic carbocycles. The Bertz CT molecular complexity index is 787. The fraction of sp³-hybridized carbons (Fsp3) is 0.278. The summed E-state index contributed by atoms with van der Waals surface area (Å²) in [5.74, 6) is 0.905. The van der Waals surface area contributed by atoms with Gasteiger partial charge in [0.05, 0.1) is 22.1 Å². The van der Waals surface area contributed by atoms with Crippen LogP contribution in [0.5, 0.6) is 0 Å². The highest BCUT2D eigenvalue weighted by molar-refractivity contribution is 6.20. The number of benzene rings is 2. The Morgan fingerprint density at radius 1 is 1.14 bits per heavy atom. The lowest BCUT2D eigenvalue weighted by Crippen LogP contribution is -2.04. The first kappa shape index (κ1) is 14.2. The summed E-state index contributed by atoms with van der Waals surface area (Å²) in [6.07, 6.45) is 0.984. The van der Waals surface area contributed by atoms with Crippen LogP contribution in [-0.2, 0) is 6.42 Å². The molecule has 3 aromatic rings. The zero-order chi connectivity index (χ0) is 15.0. The number of imidazole rings is 1. The maximum atomic E-state index is 6.39. The Kier molecular flexibility index (Phi) is 3.73. The Balaban J connectivity index is 2.40. The molecule has 1 aromatic heterocycles. The van der Waals surface area contributed by atoms with Crippen molar-refractivity contribution in [2.45, 2.75) is 32.6 Å². The molecular weight excluding hydrogens is 280 g/mol. The average molecular weight is 299 g/mol. The molecule has 0 spiro atoms. The van der Waals surface area contributed by atoms with Gasteiger partial charge in [0.25, 0.3) is 0 Å². The summed E-state index contributed by atoms with van der Waals surface area (Å²) >= 11 is 6.39. The summed E-state index contributed by atoms with van der Waals surface area (Å²) in [4.78, 5) is 4.79. The third-order valence-corrected chi connectivity index (χ3v) is 4.08. The van der Waals surface area contributed by atoms with Gasteiger partial charge in [0, 0.05) is 0 Å². The fourth-order valence-corrected chi connectivity index (χ4v) is 2.95. The normalized spacial score (nSPS) is 12.8. The molecule has 0 fully saturated rings. The van der Waals surface area contributed by atoms with E-state index in [2.05, 4.69) is 60.9 Å². The summed E-state index contributed by atoms with van der Waals surface area (Å²) in [5.41, 5.74) is 5.82. The minimum atomic E-state index is -0.137. The van der Waals surface area contributed by atoms with Crippen LogP contribution in [0.15, 0.2) is 42.5 Å². The first-order chi connectivity index (χ1) is 10.1. The Morgan fingerprint density at radius 3 is 2.62 bits per heavy atom. The molecule has 0 saturated heterocycles. The van der Waals surface area contributed by atoms with E-state index < -0.39 is 0 Å². The SMILES string of the molecule is CCc1ccccc1-n1c(C(C)Cl)nc2c(C)cccc21. The molecule has 0 N–H and O–H groups in total. The van der Waals surface area contributed by atoms with Crippen LogP contribution in [0, 0.1) is 6.92 Å². The van der Waals surface area contributed by atoms with Gasteiger partial charge in [0.1, 0.15) is 5.82 Å². The van der Waals surface area contributed by atoms with E-state index in [9.17, 15) is 0 Å². The van der Waals surface area contributed by atoms with Crippen molar-refractivity contribution in [3.8, 4) is 5.69 Å². The van der Waals surface area contributed by atoms with Crippen molar-refractivity contribution >= 4 is 22.6 Å². The van der Waals surface area contributed by atoms with Crippen LogP contribution in [0.4, 0.5) is 0 Å². The summed E-state index contributed by atoms with van der Waals surface area (Å²) in [7, 11) is 0. The predicted octanol–water partition coefficient (Wildman–Crippen LogP) is 5.20. The molecule has 108 valence electrons. The molecule has 0 amide bonds. The van der Waals surface area contributed by atoms with Crippen molar-refractivity contribution < 1.29 is 0 Å². The summed E-state index contributed by atoms with van der Waals surface area (Å²) in [6, 6.07) is 14.7. The van der Waals surface area contributed by atoms with Crippen LogP contribution in [-0.4, -0.2) is 9.55 Å². The van der Waals surface area contributed by atoms with E-state index in [1.54, 1.807) is 0 Å². The zero-order valence-electron chi connectivity index (χ0n) is 12.6. The van der Waals surface area contributed by atoms with E-state index in [4.69, 9.17) is 16.6 Å². The fourth-order valence-electron chi connectivity index (χ4n) is 2.81. The largest absolute Gasteiger partial charge is 0.295 e. The first-order valence-corrected chi connectivity index (χ1v) is 7.77. The predicted molar refractivity (Wildman–Crippen MR) is 89.5 cm³/mol. The van der Waals surface area contributed by atoms with Crippen molar-refractivity contribution in [1.29, 1.82) is 0 Å². The molecule has 3 rings (SSSR count). The second-order valence-corrected chi connectivity index (χ2v) is 6.00. The number of para-hydroxylation sites is 2. The highest BCUT2D eigenvalue weighted by Crippen LogP contribution is 2.31. The molecule has 21 heavy (non-hydrogen) atoms. The van der Waals surface area contributed by atoms with Gasteiger partial charge in [-0.25, -0.2) is 4.98 Å². The molecule has 0 aliphatic heterocycles. The summed E-state index contributed by atoms with van der Waals surface area (Å²) in [5, 5.41) is -0.137. The van der Waals surface area contributed by atoms with Crippen LogP contribution in [0.1, 0.15) is 36.2 Å².